The molecule has 0 atom stereocenters. The van der Waals surface area contributed by atoms with Gasteiger partial charge in [-0.2, -0.15) is 13.2 Å². The molecule has 1 heterocycles. The van der Waals surface area contributed by atoms with Gasteiger partial charge in [0, 0.05) is 5.46 Å². The van der Waals surface area contributed by atoms with Crippen LogP contribution in [0.3, 0.4) is 0 Å². The first kappa shape index (κ1) is 18.6. The first-order valence-corrected chi connectivity index (χ1v) is 8.69. The lowest BCUT2D eigenvalue weighted by atomic mass is 9.77. The molecule has 0 unspecified atom stereocenters. The van der Waals surface area contributed by atoms with E-state index in [2.05, 4.69) is 0 Å². The number of benzene rings is 1. The molecule has 0 spiro atoms. The van der Waals surface area contributed by atoms with Gasteiger partial charge in [-0.05, 0) is 64.7 Å². The maximum atomic E-state index is 13.1. The van der Waals surface area contributed by atoms with Crippen molar-refractivity contribution in [1.29, 1.82) is 0 Å². The molecular formula is C18H24BF3O3. The molecule has 3 nitrogen and oxygen atoms in total. The summed E-state index contributed by atoms with van der Waals surface area (Å²) in [7, 11) is -0.885. The smallest absolute Gasteiger partial charge is 0.494 e. The summed E-state index contributed by atoms with van der Waals surface area (Å²) in [6.07, 6.45) is -1.03. The topological polar surface area (TPSA) is 27.7 Å². The highest BCUT2D eigenvalue weighted by atomic mass is 19.4. The van der Waals surface area contributed by atoms with E-state index in [1.165, 1.54) is 12.5 Å². The molecule has 0 radical (unpaired) electrons. The number of hydrogen-bond donors (Lipinski definition) is 0. The van der Waals surface area contributed by atoms with Gasteiger partial charge in [-0.15, -0.1) is 0 Å². The van der Waals surface area contributed by atoms with Gasteiger partial charge in [-0.3, -0.25) is 0 Å². The number of hydrogen-bond acceptors (Lipinski definition) is 3. The van der Waals surface area contributed by atoms with E-state index in [4.69, 9.17) is 14.0 Å². The second-order valence-electron chi connectivity index (χ2n) is 7.95. The van der Waals surface area contributed by atoms with Gasteiger partial charge in [0.15, 0.2) is 0 Å². The van der Waals surface area contributed by atoms with Crippen LogP contribution >= 0.6 is 0 Å². The Morgan fingerprint density at radius 1 is 1.12 bits per heavy atom. The Hall–Kier alpha value is -1.21. The number of alkyl halides is 3. The molecular weight excluding hydrogens is 332 g/mol. The van der Waals surface area contributed by atoms with Crippen LogP contribution in [0.5, 0.6) is 5.75 Å². The lowest BCUT2D eigenvalue weighted by Gasteiger charge is -2.32. The van der Waals surface area contributed by atoms with Crippen LogP contribution in [-0.4, -0.2) is 24.9 Å². The fourth-order valence-electron chi connectivity index (χ4n) is 2.88. The Balaban J connectivity index is 1.90. The Morgan fingerprint density at radius 2 is 1.72 bits per heavy atom. The summed E-state index contributed by atoms with van der Waals surface area (Å²) in [5.41, 5.74) is -1.69. The summed E-state index contributed by atoms with van der Waals surface area (Å²) in [4.78, 5) is 0. The van der Waals surface area contributed by atoms with E-state index < -0.39 is 30.1 Å². The lowest BCUT2D eigenvalue weighted by Crippen LogP contribution is -2.41. The Bertz CT molecular complexity index is 623. The van der Waals surface area contributed by atoms with Crippen molar-refractivity contribution in [2.24, 2.45) is 5.92 Å². The van der Waals surface area contributed by atoms with Crippen LogP contribution in [0.4, 0.5) is 13.2 Å². The molecule has 1 saturated heterocycles. The molecule has 0 bridgehead atoms. The summed E-state index contributed by atoms with van der Waals surface area (Å²) < 4.78 is 57.1. The average molecular weight is 356 g/mol. The van der Waals surface area contributed by atoms with Gasteiger partial charge in [0.05, 0.1) is 23.4 Å². The third-order valence-electron chi connectivity index (χ3n) is 5.54. The molecule has 25 heavy (non-hydrogen) atoms. The summed E-state index contributed by atoms with van der Waals surface area (Å²) in [6, 6.07) is 3.50. The SMILES string of the molecule is CC1(C)OB(c2cc(C(F)(F)F)ccc2OCC2CCC2)OC1(C)C. The highest BCUT2D eigenvalue weighted by Gasteiger charge is 2.53. The monoisotopic (exact) mass is 356 g/mol. The molecule has 0 aromatic heterocycles. The third-order valence-corrected chi connectivity index (χ3v) is 5.54. The van der Waals surface area contributed by atoms with Crippen molar-refractivity contribution >= 4 is 12.6 Å². The van der Waals surface area contributed by atoms with Crippen LogP contribution in [0.2, 0.25) is 0 Å². The van der Waals surface area contributed by atoms with Crippen molar-refractivity contribution in [3.05, 3.63) is 23.8 Å². The summed E-state index contributed by atoms with van der Waals surface area (Å²) >= 11 is 0. The number of ether oxygens (including phenoxy) is 1. The Labute approximate surface area is 147 Å². The number of rotatable bonds is 4. The average Bonchev–Trinajstić information content (AvgIpc) is 2.64. The van der Waals surface area contributed by atoms with Gasteiger partial charge in [-0.1, -0.05) is 6.42 Å². The van der Waals surface area contributed by atoms with Crippen LogP contribution in [0.15, 0.2) is 18.2 Å². The molecule has 1 aliphatic carbocycles. The Kier molecular flexibility index (Phi) is 4.61. The molecule has 1 saturated carbocycles. The van der Waals surface area contributed by atoms with Crippen molar-refractivity contribution in [2.75, 3.05) is 6.61 Å². The fraction of sp³-hybridized carbons (Fsp3) is 0.667. The largest absolute Gasteiger partial charge is 0.498 e. The van der Waals surface area contributed by atoms with Crippen molar-refractivity contribution in [2.45, 2.75) is 64.3 Å². The molecule has 1 aliphatic heterocycles. The van der Waals surface area contributed by atoms with E-state index >= 15 is 0 Å². The second kappa shape index (κ2) is 6.20. The Morgan fingerprint density at radius 3 is 2.20 bits per heavy atom. The quantitative estimate of drug-likeness (QED) is 0.758. The van der Waals surface area contributed by atoms with Gasteiger partial charge >= 0.3 is 13.3 Å². The highest BCUT2D eigenvalue weighted by molar-refractivity contribution is 6.63. The highest BCUT2D eigenvalue weighted by Crippen LogP contribution is 2.38. The first-order chi connectivity index (χ1) is 11.5. The van der Waals surface area contributed by atoms with E-state index in [0.717, 1.165) is 25.0 Å². The summed E-state index contributed by atoms with van der Waals surface area (Å²) in [5, 5.41) is 0. The summed E-state index contributed by atoms with van der Waals surface area (Å²) in [6.45, 7) is 7.99. The van der Waals surface area contributed by atoms with Crippen molar-refractivity contribution in [3.63, 3.8) is 0 Å². The molecule has 1 aromatic rings. The first-order valence-electron chi connectivity index (χ1n) is 8.69. The predicted octanol–water partition coefficient (Wildman–Crippen LogP) is 4.18. The maximum absolute atomic E-state index is 13.1. The van der Waals surface area contributed by atoms with Gasteiger partial charge in [0.1, 0.15) is 5.75 Å². The number of halogens is 3. The molecule has 3 rings (SSSR count). The van der Waals surface area contributed by atoms with Crippen molar-refractivity contribution in [1.82, 2.24) is 0 Å². The van der Waals surface area contributed by atoms with Gasteiger partial charge in [0.25, 0.3) is 0 Å². The predicted molar refractivity (Wildman–Crippen MR) is 90.0 cm³/mol. The van der Waals surface area contributed by atoms with E-state index in [-0.39, 0.29) is 0 Å². The van der Waals surface area contributed by atoms with Gasteiger partial charge in [-0.25, -0.2) is 0 Å². The van der Waals surface area contributed by atoms with E-state index in [0.29, 0.717) is 23.7 Å². The summed E-state index contributed by atoms with van der Waals surface area (Å²) in [5.74, 6) is 0.881. The van der Waals surface area contributed by atoms with Crippen molar-refractivity contribution < 1.29 is 27.2 Å². The normalized spacial score (nSPS) is 22.8. The standard InChI is InChI=1S/C18H24BF3O3/c1-16(2)17(3,4)25-19(24-16)14-10-13(18(20,21)22)8-9-15(14)23-11-12-6-5-7-12/h8-10,12H,5-7,11H2,1-4H3. The minimum atomic E-state index is -4.43. The molecule has 2 aliphatic rings. The van der Waals surface area contributed by atoms with Gasteiger partial charge < -0.3 is 14.0 Å². The van der Waals surface area contributed by atoms with Crippen LogP contribution in [0.1, 0.15) is 52.5 Å². The zero-order valence-corrected chi connectivity index (χ0v) is 15.1. The molecule has 7 heteroatoms. The van der Waals surface area contributed by atoms with E-state index in [9.17, 15) is 13.2 Å². The van der Waals surface area contributed by atoms with E-state index in [1.807, 2.05) is 27.7 Å². The molecule has 138 valence electrons. The second-order valence-corrected chi connectivity index (χ2v) is 7.95. The lowest BCUT2D eigenvalue weighted by molar-refractivity contribution is -0.137. The maximum Gasteiger partial charge on any atom is 0.498 e. The molecule has 0 N–H and O–H groups in total. The minimum Gasteiger partial charge on any atom is -0.494 e. The fourth-order valence-corrected chi connectivity index (χ4v) is 2.88. The minimum absolute atomic E-state index is 0.299. The van der Waals surface area contributed by atoms with Crippen LogP contribution in [-0.2, 0) is 15.5 Å². The third kappa shape index (κ3) is 3.67. The van der Waals surface area contributed by atoms with Gasteiger partial charge in [0.2, 0.25) is 0 Å². The van der Waals surface area contributed by atoms with Crippen LogP contribution < -0.4 is 10.2 Å². The molecule has 1 aromatic carbocycles. The molecule has 0 amide bonds. The molecule has 2 fully saturated rings. The van der Waals surface area contributed by atoms with Crippen molar-refractivity contribution in [3.8, 4) is 5.75 Å². The van der Waals surface area contributed by atoms with E-state index in [1.54, 1.807) is 0 Å². The van der Waals surface area contributed by atoms with Crippen LogP contribution in [0, 0.1) is 5.92 Å². The zero-order chi connectivity index (χ0) is 18.5. The van der Waals surface area contributed by atoms with Crippen LogP contribution in [0.25, 0.3) is 0 Å². The zero-order valence-electron chi connectivity index (χ0n) is 15.1.